The normalized spacial score (nSPS) is 21.5. The molecule has 0 bridgehead atoms. The van der Waals surface area contributed by atoms with Crippen molar-refractivity contribution in [2.75, 3.05) is 6.61 Å². The van der Waals surface area contributed by atoms with Crippen molar-refractivity contribution in [2.45, 2.75) is 56.7 Å². The van der Waals surface area contributed by atoms with Crippen LogP contribution in [0.15, 0.2) is 24.3 Å². The van der Waals surface area contributed by atoms with Gasteiger partial charge < -0.3 is 21.3 Å². The molecule has 0 aromatic heterocycles. The van der Waals surface area contributed by atoms with Gasteiger partial charge in [0.05, 0.1) is 12.2 Å². The first-order valence-electron chi connectivity index (χ1n) is 10.1. The van der Waals surface area contributed by atoms with Gasteiger partial charge in [-0.15, -0.1) is 0 Å². The summed E-state index contributed by atoms with van der Waals surface area (Å²) in [6, 6.07) is 5.36. The van der Waals surface area contributed by atoms with E-state index in [2.05, 4.69) is 29.0 Å². The molecule has 1 aromatic rings. The minimum absolute atomic E-state index is 0.156. The third-order valence-corrected chi connectivity index (χ3v) is 5.30. The van der Waals surface area contributed by atoms with Gasteiger partial charge in [-0.2, -0.15) is 0 Å². The highest BCUT2D eigenvalue weighted by Crippen LogP contribution is 2.31. The Balaban J connectivity index is 1.96. The summed E-state index contributed by atoms with van der Waals surface area (Å²) in [5, 5.41) is 30.6. The molecule has 0 saturated heterocycles. The van der Waals surface area contributed by atoms with Crippen LogP contribution in [0.1, 0.15) is 55.5 Å². The second kappa shape index (κ2) is 10.4. The van der Waals surface area contributed by atoms with Crippen LogP contribution < -0.4 is 16.5 Å². The van der Waals surface area contributed by atoms with Gasteiger partial charge in [0.2, 0.25) is 0 Å². The van der Waals surface area contributed by atoms with Crippen molar-refractivity contribution in [3.8, 4) is 23.7 Å². The maximum absolute atomic E-state index is 12.4. The van der Waals surface area contributed by atoms with Crippen molar-refractivity contribution in [1.29, 1.82) is 0 Å². The number of hydrogen-bond donors (Lipinski definition) is 6. The summed E-state index contributed by atoms with van der Waals surface area (Å²) in [4.78, 5) is 24.2. The average molecular weight is 428 g/mol. The molecule has 7 N–H and O–H groups in total. The van der Waals surface area contributed by atoms with Crippen LogP contribution in [0.3, 0.4) is 0 Å². The topological polar surface area (TPSA) is 145 Å². The lowest BCUT2D eigenvalue weighted by atomic mass is 9.79. The molecule has 1 saturated carbocycles. The molecule has 1 aliphatic rings. The smallest absolute Gasteiger partial charge is 0.267 e. The Morgan fingerprint density at radius 1 is 1.23 bits per heavy atom. The predicted molar refractivity (Wildman–Crippen MR) is 115 cm³/mol. The van der Waals surface area contributed by atoms with Gasteiger partial charge in [0.1, 0.15) is 6.04 Å². The molecular weight excluding hydrogens is 398 g/mol. The fraction of sp³-hybridized carbons (Fsp3) is 0.478. The van der Waals surface area contributed by atoms with Gasteiger partial charge in [-0.25, -0.2) is 5.48 Å². The van der Waals surface area contributed by atoms with Crippen LogP contribution in [0.2, 0.25) is 0 Å². The number of aliphatic hydroxyl groups is 2. The fourth-order valence-electron chi connectivity index (χ4n) is 3.27. The number of hydroxylamine groups is 1. The molecule has 31 heavy (non-hydrogen) atoms. The van der Waals surface area contributed by atoms with Crippen LogP contribution in [0.25, 0.3) is 0 Å². The minimum Gasteiger partial charge on any atom is -0.393 e. The second-order valence-electron chi connectivity index (χ2n) is 8.46. The molecule has 8 heteroatoms. The first-order chi connectivity index (χ1) is 14.6. The maximum Gasteiger partial charge on any atom is 0.267 e. The lowest BCUT2D eigenvalue weighted by molar-refractivity contribution is -0.132. The zero-order valence-electron chi connectivity index (χ0n) is 17.7. The van der Waals surface area contributed by atoms with E-state index in [4.69, 9.17) is 10.9 Å². The van der Waals surface area contributed by atoms with E-state index >= 15 is 0 Å². The average Bonchev–Trinajstić information content (AvgIpc) is 2.75. The van der Waals surface area contributed by atoms with E-state index < -0.39 is 29.0 Å². The summed E-state index contributed by atoms with van der Waals surface area (Å²) < 4.78 is 0. The molecule has 1 aliphatic carbocycles. The van der Waals surface area contributed by atoms with Crippen LogP contribution in [0.4, 0.5) is 0 Å². The van der Waals surface area contributed by atoms with Gasteiger partial charge in [-0.1, -0.05) is 11.8 Å². The van der Waals surface area contributed by atoms with Crippen LogP contribution >= 0.6 is 0 Å². The SMILES string of the molecule is CC(C)(N)[C@H](NC(=O)c1ccc(C#CC#CC2CCC(O)(CO)CC2)cc1)C(=O)NO. The van der Waals surface area contributed by atoms with Gasteiger partial charge in [-0.05, 0) is 75.6 Å². The fourth-order valence-corrected chi connectivity index (χ4v) is 3.27. The Kier molecular flexibility index (Phi) is 8.21. The highest BCUT2D eigenvalue weighted by molar-refractivity contribution is 5.97. The third kappa shape index (κ3) is 7.09. The molecule has 1 atom stereocenters. The molecule has 1 aromatic carbocycles. The lowest BCUT2D eigenvalue weighted by Crippen LogP contribution is -2.61. The molecule has 8 nitrogen and oxygen atoms in total. The van der Waals surface area contributed by atoms with Crippen molar-refractivity contribution in [3.05, 3.63) is 35.4 Å². The standard InChI is InChI=1S/C23H29N3O5/c1-22(2,24)19(21(29)26-31)25-20(28)18-9-7-16(8-10-18)5-3-4-6-17-11-13-23(30,15-27)14-12-17/h7-10,17,19,27,30-31H,11-15,24H2,1-2H3,(H,25,28)(H,26,29)/t17?,19-,23?/m1/s1. The number of amides is 2. The molecule has 0 radical (unpaired) electrons. The summed E-state index contributed by atoms with van der Waals surface area (Å²) in [5.74, 6) is 10.5. The molecule has 2 amide bonds. The van der Waals surface area contributed by atoms with E-state index in [1.54, 1.807) is 38.1 Å². The number of nitrogens with one attached hydrogen (secondary N) is 2. The number of carbonyl (C=O) groups is 2. The third-order valence-electron chi connectivity index (χ3n) is 5.30. The maximum atomic E-state index is 12.4. The zero-order valence-corrected chi connectivity index (χ0v) is 17.7. The van der Waals surface area contributed by atoms with Crippen molar-refractivity contribution < 1.29 is 25.0 Å². The Hall–Kier alpha value is -2.88. The van der Waals surface area contributed by atoms with E-state index in [9.17, 15) is 19.8 Å². The molecule has 2 rings (SSSR count). The van der Waals surface area contributed by atoms with Gasteiger partial charge in [0.15, 0.2) is 0 Å². The van der Waals surface area contributed by atoms with Gasteiger partial charge in [-0.3, -0.25) is 14.8 Å². The zero-order chi connectivity index (χ0) is 23.1. The Bertz CT molecular complexity index is 905. The number of benzene rings is 1. The summed E-state index contributed by atoms with van der Waals surface area (Å²) in [6.07, 6.45) is 2.51. The Morgan fingerprint density at radius 3 is 2.35 bits per heavy atom. The highest BCUT2D eigenvalue weighted by atomic mass is 16.5. The molecule has 0 spiro atoms. The number of rotatable bonds is 5. The Morgan fingerprint density at radius 2 is 1.84 bits per heavy atom. The van der Waals surface area contributed by atoms with Crippen LogP contribution in [-0.4, -0.2) is 51.0 Å². The quantitative estimate of drug-likeness (QED) is 0.226. The van der Waals surface area contributed by atoms with Gasteiger partial charge in [0.25, 0.3) is 11.8 Å². The summed E-state index contributed by atoms with van der Waals surface area (Å²) >= 11 is 0. The van der Waals surface area contributed by atoms with Crippen molar-refractivity contribution in [1.82, 2.24) is 10.8 Å². The van der Waals surface area contributed by atoms with E-state index in [1.165, 1.54) is 5.48 Å². The first-order valence-corrected chi connectivity index (χ1v) is 10.1. The predicted octanol–water partition coefficient (Wildman–Crippen LogP) is 0.296. The number of carbonyl (C=O) groups excluding carboxylic acids is 2. The number of nitrogens with two attached hydrogens (primary N) is 1. The van der Waals surface area contributed by atoms with Crippen molar-refractivity contribution in [2.24, 2.45) is 11.7 Å². The minimum atomic E-state index is -1.12. The van der Waals surface area contributed by atoms with Crippen molar-refractivity contribution >= 4 is 11.8 Å². The number of hydrogen-bond acceptors (Lipinski definition) is 6. The first kappa shape index (κ1) is 24.4. The van der Waals surface area contributed by atoms with Crippen molar-refractivity contribution in [3.63, 3.8) is 0 Å². The van der Waals surface area contributed by atoms with E-state index in [1.807, 2.05) is 0 Å². The van der Waals surface area contributed by atoms with Gasteiger partial charge >= 0.3 is 0 Å². The van der Waals surface area contributed by atoms with Crippen LogP contribution in [0, 0.1) is 29.6 Å². The van der Waals surface area contributed by atoms with Crippen LogP contribution in [-0.2, 0) is 4.79 Å². The van der Waals surface area contributed by atoms with E-state index in [0.717, 1.165) is 12.8 Å². The van der Waals surface area contributed by atoms with E-state index in [0.29, 0.717) is 24.0 Å². The highest BCUT2D eigenvalue weighted by Gasteiger charge is 2.33. The van der Waals surface area contributed by atoms with Gasteiger partial charge in [0, 0.05) is 22.6 Å². The summed E-state index contributed by atoms with van der Waals surface area (Å²) in [5.41, 5.74) is 6.35. The van der Waals surface area contributed by atoms with Crippen LogP contribution in [0.5, 0.6) is 0 Å². The lowest BCUT2D eigenvalue weighted by Gasteiger charge is -2.32. The molecule has 0 heterocycles. The Labute approximate surface area is 182 Å². The summed E-state index contributed by atoms with van der Waals surface area (Å²) in [7, 11) is 0. The monoisotopic (exact) mass is 427 g/mol. The molecule has 1 fully saturated rings. The molecule has 0 unspecified atom stereocenters. The number of aliphatic hydroxyl groups excluding tert-OH is 1. The molecule has 166 valence electrons. The molecule has 0 aliphatic heterocycles. The largest absolute Gasteiger partial charge is 0.393 e. The molecular formula is C23H29N3O5. The summed E-state index contributed by atoms with van der Waals surface area (Å²) in [6.45, 7) is 2.90. The van der Waals surface area contributed by atoms with E-state index in [-0.39, 0.29) is 12.5 Å². The second-order valence-corrected chi connectivity index (χ2v) is 8.46.